The molecule has 2 bridgehead atoms. The van der Waals surface area contributed by atoms with Gasteiger partial charge in [0.1, 0.15) is 0 Å². The molecular weight excluding hydrogens is 240 g/mol. The molecule has 0 aromatic carbocycles. The molecule has 108 valence electrons. The average molecular weight is 266 g/mol. The minimum absolute atomic E-state index is 0.00694. The standard InChI is InChI=1S/C15H26N2O2/c1-10(13-7-11-2-3-12(13)6-11)17-14(19)16-8-15(9-18)4-5-15/h10-13,18H,2-9H2,1H3,(H2,16,17,19). The van der Waals surface area contributed by atoms with Crippen LogP contribution in [-0.4, -0.2) is 30.3 Å². The molecule has 0 aromatic rings. The second-order valence-electron chi connectivity index (χ2n) is 7.11. The van der Waals surface area contributed by atoms with Gasteiger partial charge in [0.05, 0.1) is 6.61 Å². The van der Waals surface area contributed by atoms with Crippen LogP contribution in [0.25, 0.3) is 0 Å². The number of fused-ring (bicyclic) bond motifs is 2. The second kappa shape index (κ2) is 4.97. The van der Waals surface area contributed by atoms with E-state index in [1.54, 1.807) is 0 Å². The van der Waals surface area contributed by atoms with Gasteiger partial charge in [0.2, 0.25) is 0 Å². The lowest BCUT2D eigenvalue weighted by Gasteiger charge is -2.28. The minimum atomic E-state index is -0.0602. The summed E-state index contributed by atoms with van der Waals surface area (Å²) in [5, 5.41) is 15.2. The molecule has 3 rings (SSSR count). The van der Waals surface area contributed by atoms with Gasteiger partial charge in [-0.15, -0.1) is 0 Å². The van der Waals surface area contributed by atoms with Crippen LogP contribution in [0.15, 0.2) is 0 Å². The number of aliphatic hydroxyl groups is 1. The van der Waals surface area contributed by atoms with Gasteiger partial charge in [0.25, 0.3) is 0 Å². The van der Waals surface area contributed by atoms with Gasteiger partial charge >= 0.3 is 6.03 Å². The zero-order chi connectivity index (χ0) is 13.5. The fraction of sp³-hybridized carbons (Fsp3) is 0.933. The Kier molecular flexibility index (Phi) is 3.46. The predicted octanol–water partition coefficient (Wildman–Crippen LogP) is 1.88. The summed E-state index contributed by atoms with van der Waals surface area (Å²) in [4.78, 5) is 11.9. The van der Waals surface area contributed by atoms with Gasteiger partial charge in [-0.3, -0.25) is 0 Å². The SMILES string of the molecule is CC(NC(=O)NCC1(CO)CC1)C1CC2CCC1C2. The summed E-state index contributed by atoms with van der Waals surface area (Å²) in [6.45, 7) is 2.94. The van der Waals surface area contributed by atoms with E-state index in [9.17, 15) is 9.90 Å². The Balaban J connectivity index is 1.42. The molecule has 3 fully saturated rings. The Morgan fingerprint density at radius 3 is 2.68 bits per heavy atom. The van der Waals surface area contributed by atoms with Gasteiger partial charge in [-0.1, -0.05) is 6.42 Å². The average Bonchev–Trinajstić information content (AvgIpc) is 2.87. The molecule has 2 amide bonds. The van der Waals surface area contributed by atoms with Crippen LogP contribution >= 0.6 is 0 Å². The number of hydrogen-bond acceptors (Lipinski definition) is 2. The monoisotopic (exact) mass is 266 g/mol. The number of carbonyl (C=O) groups excluding carboxylic acids is 1. The molecule has 4 nitrogen and oxygen atoms in total. The van der Waals surface area contributed by atoms with Crippen molar-refractivity contribution in [1.29, 1.82) is 0 Å². The molecule has 0 saturated heterocycles. The van der Waals surface area contributed by atoms with Gasteiger partial charge in [-0.25, -0.2) is 4.79 Å². The van der Waals surface area contributed by atoms with Crippen LogP contribution < -0.4 is 10.6 Å². The summed E-state index contributed by atoms with van der Waals surface area (Å²) < 4.78 is 0. The van der Waals surface area contributed by atoms with Crippen molar-refractivity contribution in [2.45, 2.75) is 51.5 Å². The van der Waals surface area contributed by atoms with Crippen LogP contribution in [0, 0.1) is 23.2 Å². The number of amides is 2. The maximum atomic E-state index is 11.9. The molecule has 4 heteroatoms. The molecule has 0 aliphatic heterocycles. The number of urea groups is 1. The number of hydrogen-bond donors (Lipinski definition) is 3. The van der Waals surface area contributed by atoms with Crippen LogP contribution in [0.2, 0.25) is 0 Å². The fourth-order valence-electron chi connectivity index (χ4n) is 4.11. The summed E-state index contributed by atoms with van der Waals surface area (Å²) >= 11 is 0. The molecule has 3 N–H and O–H groups in total. The molecule has 3 aliphatic rings. The Labute approximate surface area is 115 Å². The predicted molar refractivity (Wildman–Crippen MR) is 73.7 cm³/mol. The zero-order valence-corrected chi connectivity index (χ0v) is 11.8. The Morgan fingerprint density at radius 2 is 2.16 bits per heavy atom. The maximum absolute atomic E-state index is 11.9. The van der Waals surface area contributed by atoms with Crippen LogP contribution in [0.1, 0.15) is 45.4 Å². The van der Waals surface area contributed by atoms with Crippen molar-refractivity contribution in [1.82, 2.24) is 10.6 Å². The van der Waals surface area contributed by atoms with E-state index >= 15 is 0 Å². The third kappa shape index (κ3) is 2.73. The molecule has 3 aliphatic carbocycles. The number of nitrogens with one attached hydrogen (secondary N) is 2. The van der Waals surface area contributed by atoms with E-state index in [0.29, 0.717) is 12.5 Å². The van der Waals surface area contributed by atoms with Crippen LogP contribution in [0.5, 0.6) is 0 Å². The molecule has 19 heavy (non-hydrogen) atoms. The summed E-state index contributed by atoms with van der Waals surface area (Å²) in [7, 11) is 0. The van der Waals surface area contributed by atoms with Crippen molar-refractivity contribution in [3.63, 3.8) is 0 Å². The third-order valence-corrected chi connectivity index (χ3v) is 5.71. The van der Waals surface area contributed by atoms with E-state index in [0.717, 1.165) is 24.7 Å². The van der Waals surface area contributed by atoms with Gasteiger partial charge in [0, 0.05) is 18.0 Å². The first-order valence-electron chi connectivity index (χ1n) is 7.77. The zero-order valence-electron chi connectivity index (χ0n) is 11.8. The lowest BCUT2D eigenvalue weighted by molar-refractivity contribution is 0.197. The van der Waals surface area contributed by atoms with E-state index in [4.69, 9.17) is 0 Å². The first-order valence-corrected chi connectivity index (χ1v) is 7.77. The molecule has 0 heterocycles. The second-order valence-corrected chi connectivity index (χ2v) is 7.11. The highest BCUT2D eigenvalue weighted by atomic mass is 16.3. The van der Waals surface area contributed by atoms with Crippen LogP contribution in [0.4, 0.5) is 4.79 Å². The van der Waals surface area contributed by atoms with Crippen molar-refractivity contribution in [2.24, 2.45) is 23.2 Å². The van der Waals surface area contributed by atoms with Crippen LogP contribution in [-0.2, 0) is 0 Å². The van der Waals surface area contributed by atoms with Crippen molar-refractivity contribution in [2.75, 3.05) is 13.2 Å². The topological polar surface area (TPSA) is 61.4 Å². The summed E-state index contributed by atoms with van der Waals surface area (Å²) in [6.07, 6.45) is 7.51. The first-order chi connectivity index (χ1) is 9.12. The fourth-order valence-corrected chi connectivity index (χ4v) is 4.11. The van der Waals surface area contributed by atoms with E-state index in [2.05, 4.69) is 17.6 Å². The number of rotatable bonds is 5. The lowest BCUT2D eigenvalue weighted by atomic mass is 9.84. The maximum Gasteiger partial charge on any atom is 0.315 e. The highest BCUT2D eigenvalue weighted by Gasteiger charge is 2.43. The van der Waals surface area contributed by atoms with E-state index in [1.165, 1.54) is 25.7 Å². The van der Waals surface area contributed by atoms with Gasteiger partial charge in [-0.05, 0) is 56.8 Å². The normalized spacial score (nSPS) is 36.0. The number of carbonyl (C=O) groups is 1. The van der Waals surface area contributed by atoms with Gasteiger partial charge in [-0.2, -0.15) is 0 Å². The van der Waals surface area contributed by atoms with Crippen molar-refractivity contribution in [3.05, 3.63) is 0 Å². The molecule has 0 radical (unpaired) electrons. The summed E-state index contributed by atoms with van der Waals surface area (Å²) in [5.74, 6) is 2.44. The number of aliphatic hydroxyl groups excluding tert-OH is 1. The Hall–Kier alpha value is -0.770. The highest BCUT2D eigenvalue weighted by molar-refractivity contribution is 5.74. The van der Waals surface area contributed by atoms with E-state index in [1.807, 2.05) is 0 Å². The van der Waals surface area contributed by atoms with Crippen LogP contribution in [0.3, 0.4) is 0 Å². The third-order valence-electron chi connectivity index (χ3n) is 5.71. The molecule has 3 saturated carbocycles. The molecule has 0 aromatic heterocycles. The molecule has 4 unspecified atom stereocenters. The van der Waals surface area contributed by atoms with E-state index in [-0.39, 0.29) is 24.1 Å². The molecular formula is C15H26N2O2. The van der Waals surface area contributed by atoms with Crippen molar-refractivity contribution >= 4 is 6.03 Å². The summed E-state index contributed by atoms with van der Waals surface area (Å²) in [5.41, 5.74) is -0.00694. The Morgan fingerprint density at radius 1 is 1.37 bits per heavy atom. The molecule has 4 atom stereocenters. The van der Waals surface area contributed by atoms with Crippen molar-refractivity contribution in [3.8, 4) is 0 Å². The molecule has 0 spiro atoms. The first kappa shape index (κ1) is 13.2. The summed E-state index contributed by atoms with van der Waals surface area (Å²) in [6, 6.07) is 0.217. The minimum Gasteiger partial charge on any atom is -0.396 e. The smallest absolute Gasteiger partial charge is 0.315 e. The largest absolute Gasteiger partial charge is 0.396 e. The Bertz CT molecular complexity index is 354. The van der Waals surface area contributed by atoms with Gasteiger partial charge < -0.3 is 15.7 Å². The quantitative estimate of drug-likeness (QED) is 0.711. The van der Waals surface area contributed by atoms with Gasteiger partial charge in [0.15, 0.2) is 0 Å². The highest BCUT2D eigenvalue weighted by Crippen LogP contribution is 2.49. The lowest BCUT2D eigenvalue weighted by Crippen LogP contribution is -2.46. The van der Waals surface area contributed by atoms with E-state index < -0.39 is 0 Å². The van der Waals surface area contributed by atoms with Crippen molar-refractivity contribution < 1.29 is 9.90 Å².